The van der Waals surface area contributed by atoms with E-state index in [1.807, 2.05) is 18.2 Å². The molecule has 5 heteroatoms. The van der Waals surface area contributed by atoms with Crippen LogP contribution in [0.25, 0.3) is 0 Å². The molecule has 0 saturated carbocycles. The summed E-state index contributed by atoms with van der Waals surface area (Å²) in [5.41, 5.74) is 3.51. The summed E-state index contributed by atoms with van der Waals surface area (Å²) in [6.45, 7) is 5.82. The van der Waals surface area contributed by atoms with Crippen LogP contribution in [-0.2, 0) is 17.8 Å². The van der Waals surface area contributed by atoms with Gasteiger partial charge in [0.15, 0.2) is 5.96 Å². The van der Waals surface area contributed by atoms with E-state index in [2.05, 4.69) is 64.3 Å². The summed E-state index contributed by atoms with van der Waals surface area (Å²) < 4.78 is 5.04. The van der Waals surface area contributed by atoms with Gasteiger partial charge in [0.2, 0.25) is 0 Å². The molecule has 0 saturated heterocycles. The van der Waals surface area contributed by atoms with Crippen LogP contribution in [-0.4, -0.2) is 32.8 Å². The average molecular weight is 340 g/mol. The minimum atomic E-state index is 0.665. The van der Waals surface area contributed by atoms with Gasteiger partial charge >= 0.3 is 0 Å². The molecule has 0 aliphatic heterocycles. The number of hydrogen-bond acceptors (Lipinski definition) is 3. The number of anilines is 1. The van der Waals surface area contributed by atoms with Crippen LogP contribution < -0.4 is 16.0 Å². The van der Waals surface area contributed by atoms with Gasteiger partial charge in [-0.15, -0.1) is 0 Å². The second-order valence-corrected chi connectivity index (χ2v) is 5.65. The van der Waals surface area contributed by atoms with Crippen molar-refractivity contribution in [2.24, 2.45) is 4.99 Å². The summed E-state index contributed by atoms with van der Waals surface area (Å²) in [5, 5.41) is 9.97. The quantitative estimate of drug-likeness (QED) is 0.373. The first-order valence-electron chi connectivity index (χ1n) is 8.69. The Morgan fingerprint density at radius 2 is 1.72 bits per heavy atom. The highest BCUT2D eigenvalue weighted by atomic mass is 16.5. The lowest BCUT2D eigenvalue weighted by molar-refractivity contribution is 0.211. The molecular weight excluding hydrogens is 312 g/mol. The number of nitrogens with zero attached hydrogens (tertiary/aromatic N) is 1. The molecule has 5 nitrogen and oxygen atoms in total. The molecule has 0 amide bonds. The highest BCUT2D eigenvalue weighted by Gasteiger charge is 1.99. The molecule has 25 heavy (non-hydrogen) atoms. The number of methoxy groups -OCH3 is 1. The van der Waals surface area contributed by atoms with Gasteiger partial charge in [-0.25, -0.2) is 4.99 Å². The average Bonchev–Trinajstić information content (AvgIpc) is 2.66. The van der Waals surface area contributed by atoms with E-state index in [9.17, 15) is 0 Å². The van der Waals surface area contributed by atoms with Crippen molar-refractivity contribution in [3.8, 4) is 0 Å². The van der Waals surface area contributed by atoms with Gasteiger partial charge in [0.25, 0.3) is 0 Å². The maximum Gasteiger partial charge on any atom is 0.191 e. The molecule has 2 aromatic carbocycles. The fraction of sp³-hybridized carbons (Fsp3) is 0.350. The van der Waals surface area contributed by atoms with Crippen LogP contribution in [0.3, 0.4) is 0 Å². The van der Waals surface area contributed by atoms with Crippen LogP contribution in [0, 0.1) is 0 Å². The largest absolute Gasteiger partial charge is 0.383 e. The van der Waals surface area contributed by atoms with Crippen molar-refractivity contribution in [2.45, 2.75) is 20.0 Å². The van der Waals surface area contributed by atoms with E-state index in [-0.39, 0.29) is 0 Å². The summed E-state index contributed by atoms with van der Waals surface area (Å²) in [5.74, 6) is 0.827. The van der Waals surface area contributed by atoms with Gasteiger partial charge in [0, 0.05) is 32.4 Å². The predicted octanol–water partition coefficient (Wildman–Crippen LogP) is 3.00. The topological polar surface area (TPSA) is 57.7 Å². The van der Waals surface area contributed by atoms with Crippen LogP contribution in [0.5, 0.6) is 0 Å². The Labute approximate surface area is 150 Å². The predicted molar refractivity (Wildman–Crippen MR) is 105 cm³/mol. The number of guanidine groups is 1. The lowest BCUT2D eigenvalue weighted by Gasteiger charge is -2.12. The Kier molecular flexibility index (Phi) is 8.35. The first kappa shape index (κ1) is 18.8. The normalized spacial score (nSPS) is 11.2. The van der Waals surface area contributed by atoms with Crippen LogP contribution in [0.4, 0.5) is 5.69 Å². The molecule has 0 aliphatic rings. The van der Waals surface area contributed by atoms with Crippen molar-refractivity contribution in [3.05, 3.63) is 65.7 Å². The molecule has 0 spiro atoms. The highest BCUT2D eigenvalue weighted by molar-refractivity contribution is 5.79. The molecule has 0 unspecified atom stereocenters. The van der Waals surface area contributed by atoms with E-state index in [0.717, 1.165) is 31.3 Å². The molecule has 0 bridgehead atoms. The van der Waals surface area contributed by atoms with E-state index in [1.54, 1.807) is 7.11 Å². The lowest BCUT2D eigenvalue weighted by atomic mass is 10.2. The number of hydrogen-bond donors (Lipinski definition) is 3. The van der Waals surface area contributed by atoms with Gasteiger partial charge < -0.3 is 20.7 Å². The van der Waals surface area contributed by atoms with Gasteiger partial charge in [0.05, 0.1) is 13.2 Å². The SMILES string of the molecule is CCNC(=NCc1ccccc1)NCc1ccc(NCCOC)cc1. The van der Waals surface area contributed by atoms with Crippen LogP contribution in [0.1, 0.15) is 18.1 Å². The third kappa shape index (κ3) is 7.27. The summed E-state index contributed by atoms with van der Waals surface area (Å²) >= 11 is 0. The Bertz CT molecular complexity index is 626. The molecule has 0 aromatic heterocycles. The summed E-state index contributed by atoms with van der Waals surface area (Å²) in [7, 11) is 1.71. The Morgan fingerprint density at radius 3 is 2.40 bits per heavy atom. The standard InChI is InChI=1S/C20H28N4O/c1-3-21-20(23-15-17-7-5-4-6-8-17)24-16-18-9-11-19(12-10-18)22-13-14-25-2/h4-12,22H,3,13-16H2,1-2H3,(H2,21,23,24). The van der Waals surface area contributed by atoms with E-state index in [0.29, 0.717) is 13.2 Å². The van der Waals surface area contributed by atoms with Crippen LogP contribution >= 0.6 is 0 Å². The van der Waals surface area contributed by atoms with Crippen molar-refractivity contribution >= 4 is 11.6 Å². The lowest BCUT2D eigenvalue weighted by Crippen LogP contribution is -2.36. The number of nitrogens with one attached hydrogen (secondary N) is 3. The minimum Gasteiger partial charge on any atom is -0.383 e. The summed E-state index contributed by atoms with van der Waals surface area (Å²) in [6.07, 6.45) is 0. The minimum absolute atomic E-state index is 0.665. The van der Waals surface area contributed by atoms with E-state index < -0.39 is 0 Å². The fourth-order valence-corrected chi connectivity index (χ4v) is 2.32. The molecule has 0 heterocycles. The Morgan fingerprint density at radius 1 is 0.960 bits per heavy atom. The highest BCUT2D eigenvalue weighted by Crippen LogP contribution is 2.09. The van der Waals surface area contributed by atoms with Crippen molar-refractivity contribution < 1.29 is 4.74 Å². The molecular formula is C20H28N4O. The third-order valence-corrected chi connectivity index (χ3v) is 3.66. The monoisotopic (exact) mass is 340 g/mol. The summed E-state index contributed by atoms with van der Waals surface area (Å²) in [6, 6.07) is 18.7. The molecule has 134 valence electrons. The second-order valence-electron chi connectivity index (χ2n) is 5.65. The van der Waals surface area contributed by atoms with Crippen molar-refractivity contribution in [1.82, 2.24) is 10.6 Å². The molecule has 0 aliphatic carbocycles. The fourth-order valence-electron chi connectivity index (χ4n) is 2.32. The van der Waals surface area contributed by atoms with Crippen LogP contribution in [0.2, 0.25) is 0 Å². The van der Waals surface area contributed by atoms with Crippen LogP contribution in [0.15, 0.2) is 59.6 Å². The Balaban J connectivity index is 1.85. The van der Waals surface area contributed by atoms with Crippen molar-refractivity contribution in [1.29, 1.82) is 0 Å². The maximum atomic E-state index is 5.04. The van der Waals surface area contributed by atoms with E-state index in [4.69, 9.17) is 4.74 Å². The zero-order valence-corrected chi connectivity index (χ0v) is 15.1. The van der Waals surface area contributed by atoms with E-state index in [1.165, 1.54) is 11.1 Å². The zero-order chi connectivity index (χ0) is 17.7. The number of rotatable bonds is 9. The van der Waals surface area contributed by atoms with Crippen molar-refractivity contribution in [2.75, 3.05) is 32.1 Å². The number of benzene rings is 2. The van der Waals surface area contributed by atoms with Gasteiger partial charge in [-0.2, -0.15) is 0 Å². The molecule has 3 N–H and O–H groups in total. The van der Waals surface area contributed by atoms with Gasteiger partial charge in [-0.1, -0.05) is 42.5 Å². The van der Waals surface area contributed by atoms with Gasteiger partial charge in [-0.05, 0) is 30.2 Å². The van der Waals surface area contributed by atoms with Gasteiger partial charge in [0.1, 0.15) is 0 Å². The summed E-state index contributed by atoms with van der Waals surface area (Å²) in [4.78, 5) is 4.63. The molecule has 0 atom stereocenters. The maximum absolute atomic E-state index is 5.04. The molecule has 0 fully saturated rings. The third-order valence-electron chi connectivity index (χ3n) is 3.66. The number of ether oxygens (including phenoxy) is 1. The van der Waals surface area contributed by atoms with Crippen molar-refractivity contribution in [3.63, 3.8) is 0 Å². The van der Waals surface area contributed by atoms with E-state index >= 15 is 0 Å². The number of aliphatic imine (C=N–C) groups is 1. The smallest absolute Gasteiger partial charge is 0.191 e. The molecule has 0 radical (unpaired) electrons. The first-order chi connectivity index (χ1) is 12.3. The van der Waals surface area contributed by atoms with Gasteiger partial charge in [-0.3, -0.25) is 0 Å². The Hall–Kier alpha value is -2.53. The first-order valence-corrected chi connectivity index (χ1v) is 8.69. The molecule has 2 aromatic rings. The second kappa shape index (κ2) is 11.1. The molecule has 2 rings (SSSR count). The zero-order valence-electron chi connectivity index (χ0n) is 15.1.